The van der Waals surface area contributed by atoms with Crippen molar-refractivity contribution >= 4 is 17.9 Å². The minimum absolute atomic E-state index is 0.0260. The maximum absolute atomic E-state index is 13.5. The molecule has 0 spiro atoms. The van der Waals surface area contributed by atoms with E-state index in [9.17, 15) is 4.79 Å². The average Bonchev–Trinajstić information content (AvgIpc) is 3.63. The zero-order chi connectivity index (χ0) is 24.1. The fraction of sp³-hybridized carbons (Fsp3) is 0.214. The van der Waals surface area contributed by atoms with E-state index in [2.05, 4.69) is 11.0 Å². The lowest BCUT2D eigenvalue weighted by Gasteiger charge is -2.29. The molecule has 1 fully saturated rings. The number of hydrogen-bond acceptors (Lipinski definition) is 7. The van der Waals surface area contributed by atoms with E-state index in [4.69, 9.17) is 23.9 Å². The maximum Gasteiger partial charge on any atom is 0.236 e. The third-order valence-electron chi connectivity index (χ3n) is 6.74. The fourth-order valence-electron chi connectivity index (χ4n) is 5.01. The molecule has 0 N–H and O–H groups in total. The molecule has 1 unspecified atom stereocenters. The van der Waals surface area contributed by atoms with Gasteiger partial charge in [0, 0.05) is 12.2 Å². The van der Waals surface area contributed by atoms with Crippen LogP contribution >= 0.6 is 0 Å². The summed E-state index contributed by atoms with van der Waals surface area (Å²) < 4.78 is 22.0. The lowest BCUT2D eigenvalue weighted by atomic mass is 10.0. The summed E-state index contributed by atoms with van der Waals surface area (Å²) in [6.07, 6.45) is 2.35. The van der Waals surface area contributed by atoms with Crippen LogP contribution in [0.25, 0.3) is 6.08 Å². The molecule has 1 amide bonds. The highest BCUT2D eigenvalue weighted by Crippen LogP contribution is 2.39. The third kappa shape index (κ3) is 3.62. The predicted octanol–water partition coefficient (Wildman–Crippen LogP) is 4.33. The molecular weight excluding hydrogens is 458 g/mol. The van der Waals surface area contributed by atoms with Crippen molar-refractivity contribution in [1.82, 2.24) is 9.80 Å². The number of hydrogen-bond donors (Lipinski definition) is 0. The zero-order valence-corrected chi connectivity index (χ0v) is 19.4. The Morgan fingerprint density at radius 2 is 1.58 bits per heavy atom. The second kappa shape index (κ2) is 8.34. The molecule has 4 aliphatic heterocycles. The number of rotatable bonds is 4. The van der Waals surface area contributed by atoms with Crippen molar-refractivity contribution < 1.29 is 23.7 Å². The number of nitrogens with zero attached hydrogens (tertiary/aromatic N) is 3. The van der Waals surface area contributed by atoms with E-state index in [1.54, 1.807) is 4.90 Å². The van der Waals surface area contributed by atoms with E-state index in [1.165, 1.54) is 0 Å². The fourth-order valence-corrected chi connectivity index (χ4v) is 5.01. The molecule has 180 valence electrons. The van der Waals surface area contributed by atoms with Crippen molar-refractivity contribution in [2.24, 2.45) is 4.99 Å². The number of carbonyl (C=O) groups is 1. The van der Waals surface area contributed by atoms with Crippen LogP contribution in [0.2, 0.25) is 0 Å². The highest BCUT2D eigenvalue weighted by molar-refractivity contribution is 6.04. The van der Waals surface area contributed by atoms with Gasteiger partial charge in [-0.25, -0.2) is 4.99 Å². The van der Waals surface area contributed by atoms with Crippen LogP contribution in [-0.2, 0) is 11.3 Å². The number of ether oxygens (including phenoxy) is 4. The molecule has 4 aliphatic rings. The van der Waals surface area contributed by atoms with Crippen LogP contribution in [0.1, 0.15) is 29.2 Å². The monoisotopic (exact) mass is 481 g/mol. The van der Waals surface area contributed by atoms with E-state index in [-0.39, 0.29) is 32.0 Å². The van der Waals surface area contributed by atoms with Crippen molar-refractivity contribution in [2.75, 3.05) is 20.1 Å². The van der Waals surface area contributed by atoms with Gasteiger partial charge in [0.1, 0.15) is 0 Å². The van der Waals surface area contributed by atoms with Gasteiger partial charge in [-0.1, -0.05) is 42.5 Å². The van der Waals surface area contributed by atoms with Crippen LogP contribution in [0.4, 0.5) is 0 Å². The van der Waals surface area contributed by atoms with E-state index in [0.29, 0.717) is 30.5 Å². The van der Waals surface area contributed by atoms with E-state index in [0.717, 1.165) is 33.9 Å². The van der Waals surface area contributed by atoms with Crippen molar-refractivity contribution in [3.05, 3.63) is 89.1 Å². The van der Waals surface area contributed by atoms with Gasteiger partial charge in [0.25, 0.3) is 0 Å². The molecule has 0 aliphatic carbocycles. The standard InChI is InChI=1S/C28H23N3O5/c32-27-13-22(20-7-9-24-26(12-20)36-17-34-24)29-28-30(14-19-6-8-23-25(11-19)35-16-33-23)15-21(31(27)28)10-18-4-2-1-3-5-18/h1-12,22H,13-17H2/b21-10-. The summed E-state index contributed by atoms with van der Waals surface area (Å²) in [5, 5.41) is 0. The Balaban J connectivity index is 1.26. The SMILES string of the molecule is O=C1CC(c2ccc3c(c2)OCO3)N=C2N(Cc3ccc4c(c3)OCO4)C/C(=C/c3ccccc3)N12. The van der Waals surface area contributed by atoms with Gasteiger partial charge in [-0.3, -0.25) is 9.69 Å². The molecule has 0 bridgehead atoms. The molecule has 8 nitrogen and oxygen atoms in total. The molecule has 7 rings (SSSR count). The topological polar surface area (TPSA) is 72.8 Å². The first kappa shape index (κ1) is 20.9. The number of carbonyl (C=O) groups excluding carboxylic acids is 1. The van der Waals surface area contributed by atoms with Gasteiger partial charge in [-0.15, -0.1) is 0 Å². The van der Waals surface area contributed by atoms with Crippen LogP contribution in [0.5, 0.6) is 23.0 Å². The Labute approximate surface area is 208 Å². The Bertz CT molecular complexity index is 1420. The summed E-state index contributed by atoms with van der Waals surface area (Å²) in [5.74, 6) is 3.58. The molecular formula is C28H23N3O5. The van der Waals surface area contributed by atoms with Gasteiger partial charge in [-0.05, 0) is 47.0 Å². The molecule has 1 atom stereocenters. The molecule has 3 aromatic carbocycles. The quantitative estimate of drug-likeness (QED) is 0.552. The summed E-state index contributed by atoms with van der Waals surface area (Å²) in [5.41, 5.74) is 3.95. The van der Waals surface area contributed by atoms with Crippen molar-refractivity contribution in [3.63, 3.8) is 0 Å². The Morgan fingerprint density at radius 3 is 2.39 bits per heavy atom. The predicted molar refractivity (Wildman–Crippen MR) is 132 cm³/mol. The zero-order valence-electron chi connectivity index (χ0n) is 19.4. The third-order valence-corrected chi connectivity index (χ3v) is 6.74. The molecule has 36 heavy (non-hydrogen) atoms. The average molecular weight is 482 g/mol. The minimum atomic E-state index is -0.298. The highest BCUT2D eigenvalue weighted by atomic mass is 16.7. The molecule has 0 saturated carbocycles. The van der Waals surface area contributed by atoms with Gasteiger partial charge < -0.3 is 23.8 Å². The van der Waals surface area contributed by atoms with Crippen LogP contribution in [-0.4, -0.2) is 41.8 Å². The second-order valence-corrected chi connectivity index (χ2v) is 9.08. The van der Waals surface area contributed by atoms with Gasteiger partial charge in [0.15, 0.2) is 23.0 Å². The maximum atomic E-state index is 13.5. The van der Waals surface area contributed by atoms with Gasteiger partial charge in [-0.2, -0.15) is 0 Å². The number of amides is 1. The number of aliphatic imine (C=N–C) groups is 1. The Morgan fingerprint density at radius 1 is 0.861 bits per heavy atom. The van der Waals surface area contributed by atoms with Crippen LogP contribution in [0.15, 0.2) is 77.4 Å². The van der Waals surface area contributed by atoms with Crippen LogP contribution in [0, 0.1) is 0 Å². The Kier molecular flexibility index (Phi) is 4.83. The molecule has 1 saturated heterocycles. The molecule has 4 heterocycles. The first-order chi connectivity index (χ1) is 17.7. The normalized spacial score (nSPS) is 20.7. The lowest BCUT2D eigenvalue weighted by molar-refractivity contribution is -0.126. The summed E-state index contributed by atoms with van der Waals surface area (Å²) in [7, 11) is 0. The number of fused-ring (bicyclic) bond motifs is 3. The summed E-state index contributed by atoms with van der Waals surface area (Å²) >= 11 is 0. The second-order valence-electron chi connectivity index (χ2n) is 9.08. The van der Waals surface area contributed by atoms with Crippen molar-refractivity contribution in [3.8, 4) is 23.0 Å². The van der Waals surface area contributed by atoms with Crippen molar-refractivity contribution in [2.45, 2.75) is 19.0 Å². The highest BCUT2D eigenvalue weighted by Gasteiger charge is 2.40. The Hall–Kier alpha value is -4.46. The first-order valence-electron chi connectivity index (χ1n) is 11.9. The molecule has 3 aromatic rings. The largest absolute Gasteiger partial charge is 0.454 e. The number of guanidine groups is 1. The smallest absolute Gasteiger partial charge is 0.236 e. The summed E-state index contributed by atoms with van der Waals surface area (Å²) in [4.78, 5) is 22.5. The summed E-state index contributed by atoms with van der Waals surface area (Å²) in [6, 6.07) is 21.5. The van der Waals surface area contributed by atoms with Crippen LogP contribution < -0.4 is 18.9 Å². The lowest BCUT2D eigenvalue weighted by Crippen LogP contribution is -2.41. The molecule has 8 heteroatoms. The molecule has 0 radical (unpaired) electrons. The van der Waals surface area contributed by atoms with E-state index < -0.39 is 0 Å². The van der Waals surface area contributed by atoms with Crippen LogP contribution in [0.3, 0.4) is 0 Å². The summed E-state index contributed by atoms with van der Waals surface area (Å²) in [6.45, 7) is 1.60. The van der Waals surface area contributed by atoms with Gasteiger partial charge in [0.05, 0.1) is 19.0 Å². The first-order valence-corrected chi connectivity index (χ1v) is 11.9. The van der Waals surface area contributed by atoms with E-state index in [1.807, 2.05) is 66.7 Å². The van der Waals surface area contributed by atoms with Gasteiger partial charge >= 0.3 is 0 Å². The van der Waals surface area contributed by atoms with Crippen molar-refractivity contribution in [1.29, 1.82) is 0 Å². The van der Waals surface area contributed by atoms with E-state index >= 15 is 0 Å². The minimum Gasteiger partial charge on any atom is -0.454 e. The number of benzene rings is 3. The van der Waals surface area contributed by atoms with Gasteiger partial charge in [0.2, 0.25) is 25.5 Å². The molecule has 0 aromatic heterocycles.